The highest BCUT2D eigenvalue weighted by Crippen LogP contribution is 2.36. The molecule has 0 saturated carbocycles. The van der Waals surface area contributed by atoms with E-state index in [4.69, 9.17) is 9.47 Å². The molecular formula is C20H20N2O3S. The first kappa shape index (κ1) is 17.9. The fraction of sp³-hybridized carbons (Fsp3) is 0.200. The van der Waals surface area contributed by atoms with Gasteiger partial charge in [0.15, 0.2) is 16.6 Å². The summed E-state index contributed by atoms with van der Waals surface area (Å²) in [4.78, 5) is 18.1. The number of rotatable bonds is 5. The van der Waals surface area contributed by atoms with Crippen LogP contribution < -0.4 is 14.8 Å². The zero-order chi connectivity index (χ0) is 18.7. The SMILES string of the molecule is COc1ccc(-c2nc(NC(=O)c3ccccc3C)sc2C)cc1OC. The van der Waals surface area contributed by atoms with Crippen LogP contribution in [0, 0.1) is 13.8 Å². The lowest BCUT2D eigenvalue weighted by atomic mass is 10.1. The van der Waals surface area contributed by atoms with Crippen molar-refractivity contribution in [2.75, 3.05) is 19.5 Å². The van der Waals surface area contributed by atoms with E-state index in [0.717, 1.165) is 21.7 Å². The van der Waals surface area contributed by atoms with Gasteiger partial charge >= 0.3 is 0 Å². The van der Waals surface area contributed by atoms with E-state index in [1.165, 1.54) is 11.3 Å². The first-order valence-electron chi connectivity index (χ1n) is 8.10. The molecule has 2 aromatic carbocycles. The fourth-order valence-corrected chi connectivity index (χ4v) is 3.52. The van der Waals surface area contributed by atoms with Crippen LogP contribution in [0.4, 0.5) is 5.13 Å². The number of nitrogens with one attached hydrogen (secondary N) is 1. The lowest BCUT2D eigenvalue weighted by Gasteiger charge is -2.08. The number of methoxy groups -OCH3 is 2. The van der Waals surface area contributed by atoms with Crippen molar-refractivity contribution < 1.29 is 14.3 Å². The Morgan fingerprint density at radius 2 is 1.77 bits per heavy atom. The minimum atomic E-state index is -0.157. The highest BCUT2D eigenvalue weighted by atomic mass is 32.1. The Bertz CT molecular complexity index is 950. The quantitative estimate of drug-likeness (QED) is 0.709. The van der Waals surface area contributed by atoms with E-state index in [0.29, 0.717) is 22.2 Å². The average molecular weight is 368 g/mol. The summed E-state index contributed by atoms with van der Waals surface area (Å²) >= 11 is 1.45. The van der Waals surface area contributed by atoms with Gasteiger partial charge in [-0.3, -0.25) is 10.1 Å². The number of carbonyl (C=O) groups is 1. The summed E-state index contributed by atoms with van der Waals surface area (Å²) in [5, 5.41) is 3.46. The van der Waals surface area contributed by atoms with Gasteiger partial charge in [0.25, 0.3) is 5.91 Å². The molecule has 3 rings (SSSR count). The van der Waals surface area contributed by atoms with Gasteiger partial charge < -0.3 is 9.47 Å². The molecule has 0 bridgehead atoms. The highest BCUT2D eigenvalue weighted by molar-refractivity contribution is 7.16. The Morgan fingerprint density at radius 1 is 1.04 bits per heavy atom. The lowest BCUT2D eigenvalue weighted by molar-refractivity contribution is 0.102. The highest BCUT2D eigenvalue weighted by Gasteiger charge is 2.15. The largest absolute Gasteiger partial charge is 0.493 e. The first-order chi connectivity index (χ1) is 12.5. The van der Waals surface area contributed by atoms with Crippen LogP contribution in [-0.2, 0) is 0 Å². The Kier molecular flexibility index (Phi) is 5.23. The third-order valence-electron chi connectivity index (χ3n) is 4.06. The maximum atomic E-state index is 12.5. The molecule has 1 heterocycles. The molecule has 0 saturated heterocycles. The van der Waals surface area contributed by atoms with Gasteiger partial charge in [0.2, 0.25) is 0 Å². The molecule has 0 unspecified atom stereocenters. The number of hydrogen-bond donors (Lipinski definition) is 1. The third kappa shape index (κ3) is 3.55. The second-order valence-corrected chi connectivity index (χ2v) is 6.97. The molecule has 5 nitrogen and oxygen atoms in total. The number of aryl methyl sites for hydroxylation is 2. The fourth-order valence-electron chi connectivity index (χ4n) is 2.69. The van der Waals surface area contributed by atoms with Crippen molar-refractivity contribution in [2.45, 2.75) is 13.8 Å². The summed E-state index contributed by atoms with van der Waals surface area (Å²) in [6.07, 6.45) is 0. The molecular weight excluding hydrogens is 348 g/mol. The number of amides is 1. The molecule has 26 heavy (non-hydrogen) atoms. The van der Waals surface area contributed by atoms with Crippen molar-refractivity contribution >= 4 is 22.4 Å². The standard InChI is InChI=1S/C20H20N2O3S/c1-12-7-5-6-8-15(12)19(23)22-20-21-18(13(2)26-20)14-9-10-16(24-3)17(11-14)25-4/h5-11H,1-4H3,(H,21,22,23). The van der Waals surface area contributed by atoms with Gasteiger partial charge in [-0.2, -0.15) is 0 Å². The van der Waals surface area contributed by atoms with Crippen LogP contribution in [-0.4, -0.2) is 25.1 Å². The summed E-state index contributed by atoms with van der Waals surface area (Å²) < 4.78 is 10.6. The zero-order valence-electron chi connectivity index (χ0n) is 15.1. The molecule has 1 amide bonds. The summed E-state index contributed by atoms with van der Waals surface area (Å²) in [6.45, 7) is 3.89. The molecule has 0 aliphatic rings. The van der Waals surface area contributed by atoms with Crippen molar-refractivity contribution in [1.82, 2.24) is 4.98 Å². The minimum absolute atomic E-state index is 0.157. The minimum Gasteiger partial charge on any atom is -0.493 e. The predicted octanol–water partition coefficient (Wildman–Crippen LogP) is 4.70. The number of aromatic nitrogens is 1. The number of hydrogen-bond acceptors (Lipinski definition) is 5. The number of thiazole rings is 1. The van der Waals surface area contributed by atoms with Crippen molar-refractivity contribution in [3.8, 4) is 22.8 Å². The number of benzene rings is 2. The van der Waals surface area contributed by atoms with E-state index in [2.05, 4.69) is 10.3 Å². The maximum absolute atomic E-state index is 12.5. The van der Waals surface area contributed by atoms with Crippen molar-refractivity contribution in [3.63, 3.8) is 0 Å². The molecule has 0 spiro atoms. The van der Waals surface area contributed by atoms with Gasteiger partial charge in [0.05, 0.1) is 19.9 Å². The summed E-state index contributed by atoms with van der Waals surface area (Å²) in [5.41, 5.74) is 3.30. The Morgan fingerprint density at radius 3 is 2.46 bits per heavy atom. The zero-order valence-corrected chi connectivity index (χ0v) is 15.9. The van der Waals surface area contributed by atoms with Crippen LogP contribution in [0.1, 0.15) is 20.8 Å². The molecule has 0 aliphatic carbocycles. The van der Waals surface area contributed by atoms with Crippen LogP contribution in [0.15, 0.2) is 42.5 Å². The number of anilines is 1. The smallest absolute Gasteiger partial charge is 0.257 e. The monoisotopic (exact) mass is 368 g/mol. The van der Waals surface area contributed by atoms with Gasteiger partial charge in [-0.15, -0.1) is 11.3 Å². The van der Waals surface area contributed by atoms with E-state index in [1.54, 1.807) is 20.3 Å². The van der Waals surface area contributed by atoms with Crippen molar-refractivity contribution in [2.24, 2.45) is 0 Å². The van der Waals surface area contributed by atoms with Gasteiger partial charge in [0.1, 0.15) is 0 Å². The summed E-state index contributed by atoms with van der Waals surface area (Å²) in [6, 6.07) is 13.1. The molecule has 134 valence electrons. The number of ether oxygens (including phenoxy) is 2. The third-order valence-corrected chi connectivity index (χ3v) is 4.95. The van der Waals surface area contributed by atoms with Crippen LogP contribution in [0.25, 0.3) is 11.3 Å². The van der Waals surface area contributed by atoms with Gasteiger partial charge in [-0.1, -0.05) is 18.2 Å². The Labute approximate surface area is 156 Å². The lowest BCUT2D eigenvalue weighted by Crippen LogP contribution is -2.12. The first-order valence-corrected chi connectivity index (χ1v) is 8.92. The van der Waals surface area contributed by atoms with E-state index in [1.807, 2.05) is 50.2 Å². The van der Waals surface area contributed by atoms with Crippen LogP contribution >= 0.6 is 11.3 Å². The number of nitrogens with zero attached hydrogens (tertiary/aromatic N) is 1. The van der Waals surface area contributed by atoms with E-state index in [-0.39, 0.29) is 5.91 Å². The van der Waals surface area contributed by atoms with E-state index >= 15 is 0 Å². The second kappa shape index (κ2) is 7.58. The molecule has 0 radical (unpaired) electrons. The predicted molar refractivity (Wildman–Crippen MR) is 105 cm³/mol. The molecule has 0 fully saturated rings. The van der Waals surface area contributed by atoms with Gasteiger partial charge in [-0.05, 0) is 43.7 Å². The molecule has 1 aromatic heterocycles. The maximum Gasteiger partial charge on any atom is 0.257 e. The molecule has 1 N–H and O–H groups in total. The van der Waals surface area contributed by atoms with E-state index in [9.17, 15) is 4.79 Å². The molecule has 0 aliphatic heterocycles. The normalized spacial score (nSPS) is 10.5. The van der Waals surface area contributed by atoms with E-state index < -0.39 is 0 Å². The van der Waals surface area contributed by atoms with Crippen LogP contribution in [0.2, 0.25) is 0 Å². The average Bonchev–Trinajstić information content (AvgIpc) is 3.01. The molecule has 3 aromatic rings. The topological polar surface area (TPSA) is 60.5 Å². The second-order valence-electron chi connectivity index (χ2n) is 5.76. The number of carbonyl (C=O) groups excluding carboxylic acids is 1. The Balaban J connectivity index is 1.88. The van der Waals surface area contributed by atoms with Crippen LogP contribution in [0.3, 0.4) is 0 Å². The summed E-state index contributed by atoms with van der Waals surface area (Å²) in [7, 11) is 3.20. The van der Waals surface area contributed by atoms with Gasteiger partial charge in [0, 0.05) is 16.0 Å². The molecule has 0 atom stereocenters. The van der Waals surface area contributed by atoms with Crippen LogP contribution in [0.5, 0.6) is 11.5 Å². The van der Waals surface area contributed by atoms with Crippen molar-refractivity contribution in [1.29, 1.82) is 0 Å². The summed E-state index contributed by atoms with van der Waals surface area (Å²) in [5.74, 6) is 1.15. The van der Waals surface area contributed by atoms with Gasteiger partial charge in [-0.25, -0.2) is 4.98 Å². The van der Waals surface area contributed by atoms with Crippen molar-refractivity contribution in [3.05, 3.63) is 58.5 Å². The molecule has 6 heteroatoms. The Hall–Kier alpha value is -2.86.